The first kappa shape index (κ1) is 12.2. The summed E-state index contributed by atoms with van der Waals surface area (Å²) in [6.07, 6.45) is 6.71. The Hall–Kier alpha value is -0.860. The van der Waals surface area contributed by atoms with E-state index in [2.05, 4.69) is 42.7 Å². The second-order valence-electron chi connectivity index (χ2n) is 6.42. The molecular weight excluding hydrogens is 220 g/mol. The Morgan fingerprint density at radius 1 is 1.22 bits per heavy atom. The zero-order chi connectivity index (χ0) is 12.6. The smallest absolute Gasteiger partial charge is 0.0298 e. The molecule has 3 atom stereocenters. The summed E-state index contributed by atoms with van der Waals surface area (Å²) in [4.78, 5) is 0. The highest BCUT2D eigenvalue weighted by Gasteiger charge is 2.50. The number of nitrogens with two attached hydrogens (primary N) is 1. The summed E-state index contributed by atoms with van der Waals surface area (Å²) in [7, 11) is 0. The molecule has 0 spiro atoms. The van der Waals surface area contributed by atoms with Gasteiger partial charge in [0.15, 0.2) is 0 Å². The van der Waals surface area contributed by atoms with E-state index in [9.17, 15) is 0 Å². The summed E-state index contributed by atoms with van der Waals surface area (Å²) < 4.78 is 0. The molecule has 1 aromatic carbocycles. The van der Waals surface area contributed by atoms with Gasteiger partial charge in [0.1, 0.15) is 0 Å². The van der Waals surface area contributed by atoms with Gasteiger partial charge in [0.05, 0.1) is 0 Å². The minimum absolute atomic E-state index is 0.420. The molecule has 2 aliphatic rings. The SMILES string of the molecule is CC1(C(NN)C2CC2c2ccccc2)CCCC1. The minimum atomic E-state index is 0.420. The van der Waals surface area contributed by atoms with Crippen molar-refractivity contribution in [3.63, 3.8) is 0 Å². The van der Waals surface area contributed by atoms with E-state index in [1.807, 2.05) is 0 Å². The van der Waals surface area contributed by atoms with Gasteiger partial charge in [-0.2, -0.15) is 0 Å². The first-order valence-electron chi connectivity index (χ1n) is 7.26. The molecule has 2 heteroatoms. The van der Waals surface area contributed by atoms with Crippen molar-refractivity contribution in [2.45, 2.75) is 51.0 Å². The fraction of sp³-hybridized carbons (Fsp3) is 0.625. The molecule has 2 nitrogen and oxygen atoms in total. The van der Waals surface area contributed by atoms with Gasteiger partial charge in [-0.1, -0.05) is 50.1 Å². The molecule has 0 aliphatic heterocycles. The lowest BCUT2D eigenvalue weighted by molar-refractivity contribution is 0.197. The Balaban J connectivity index is 1.72. The van der Waals surface area contributed by atoms with Gasteiger partial charge in [0.2, 0.25) is 0 Å². The average Bonchev–Trinajstić information content (AvgIpc) is 3.05. The highest BCUT2D eigenvalue weighted by atomic mass is 15.2. The number of benzene rings is 1. The van der Waals surface area contributed by atoms with Gasteiger partial charge < -0.3 is 0 Å². The first-order chi connectivity index (χ1) is 8.74. The number of hydrazine groups is 1. The molecule has 0 radical (unpaired) electrons. The van der Waals surface area contributed by atoms with E-state index >= 15 is 0 Å². The third-order valence-electron chi connectivity index (χ3n) is 5.17. The van der Waals surface area contributed by atoms with Crippen molar-refractivity contribution < 1.29 is 0 Å². The largest absolute Gasteiger partial charge is 0.271 e. The summed E-state index contributed by atoms with van der Waals surface area (Å²) in [5.41, 5.74) is 5.06. The summed E-state index contributed by atoms with van der Waals surface area (Å²) in [5, 5.41) is 0. The van der Waals surface area contributed by atoms with E-state index in [-0.39, 0.29) is 0 Å². The Kier molecular flexibility index (Phi) is 3.16. The molecule has 0 bridgehead atoms. The second kappa shape index (κ2) is 4.67. The fourth-order valence-corrected chi connectivity index (χ4v) is 4.00. The lowest BCUT2D eigenvalue weighted by Gasteiger charge is -2.34. The summed E-state index contributed by atoms with van der Waals surface area (Å²) in [6.45, 7) is 2.42. The molecule has 0 heterocycles. The predicted octanol–water partition coefficient (Wildman–Crippen LogP) is 3.20. The fourth-order valence-electron chi connectivity index (χ4n) is 4.00. The molecule has 2 saturated carbocycles. The van der Waals surface area contributed by atoms with Crippen molar-refractivity contribution in [3.8, 4) is 0 Å². The van der Waals surface area contributed by atoms with Crippen LogP contribution >= 0.6 is 0 Å². The Morgan fingerprint density at radius 2 is 1.89 bits per heavy atom. The molecule has 1 aromatic rings. The van der Waals surface area contributed by atoms with Crippen LogP contribution in [0.1, 0.15) is 50.5 Å². The van der Waals surface area contributed by atoms with Crippen molar-refractivity contribution in [3.05, 3.63) is 35.9 Å². The Morgan fingerprint density at radius 3 is 2.50 bits per heavy atom. The number of rotatable bonds is 4. The van der Waals surface area contributed by atoms with Crippen LogP contribution in [0.25, 0.3) is 0 Å². The van der Waals surface area contributed by atoms with Gasteiger partial charge in [0.25, 0.3) is 0 Å². The van der Waals surface area contributed by atoms with Crippen molar-refractivity contribution in [2.75, 3.05) is 0 Å². The molecule has 2 fully saturated rings. The highest BCUT2D eigenvalue weighted by molar-refractivity contribution is 5.27. The summed E-state index contributed by atoms with van der Waals surface area (Å²) in [5.74, 6) is 7.33. The van der Waals surface area contributed by atoms with Crippen LogP contribution in [0.2, 0.25) is 0 Å². The molecule has 0 aromatic heterocycles. The maximum absolute atomic E-state index is 5.87. The molecular formula is C16H24N2. The normalized spacial score (nSPS) is 31.2. The molecule has 0 saturated heterocycles. The molecule has 3 unspecified atom stereocenters. The van der Waals surface area contributed by atoms with Crippen LogP contribution in [0.4, 0.5) is 0 Å². The maximum atomic E-state index is 5.87. The quantitative estimate of drug-likeness (QED) is 0.630. The van der Waals surface area contributed by atoms with E-state index in [1.165, 1.54) is 37.7 Å². The standard InChI is InChI=1S/C16H24N2/c1-16(9-5-6-10-16)15(18-17)14-11-13(14)12-7-3-2-4-8-12/h2-4,7-8,13-15,18H,5-6,9-11,17H2,1H3. The minimum Gasteiger partial charge on any atom is -0.271 e. The molecule has 3 N–H and O–H groups in total. The highest BCUT2D eigenvalue weighted by Crippen LogP contribution is 2.55. The van der Waals surface area contributed by atoms with E-state index in [1.54, 1.807) is 0 Å². The van der Waals surface area contributed by atoms with Crippen molar-refractivity contribution in [1.29, 1.82) is 0 Å². The topological polar surface area (TPSA) is 38.0 Å². The first-order valence-corrected chi connectivity index (χ1v) is 7.26. The van der Waals surface area contributed by atoms with E-state index in [4.69, 9.17) is 5.84 Å². The van der Waals surface area contributed by atoms with Gasteiger partial charge in [-0.25, -0.2) is 0 Å². The molecule has 18 heavy (non-hydrogen) atoms. The van der Waals surface area contributed by atoms with Crippen LogP contribution in [0.15, 0.2) is 30.3 Å². The van der Waals surface area contributed by atoms with Crippen LogP contribution in [0, 0.1) is 11.3 Å². The summed E-state index contributed by atoms with van der Waals surface area (Å²) >= 11 is 0. The molecule has 2 aliphatic carbocycles. The van der Waals surface area contributed by atoms with Gasteiger partial charge >= 0.3 is 0 Å². The monoisotopic (exact) mass is 244 g/mol. The van der Waals surface area contributed by atoms with Crippen LogP contribution < -0.4 is 11.3 Å². The number of hydrogen-bond donors (Lipinski definition) is 2. The van der Waals surface area contributed by atoms with Gasteiger partial charge in [0, 0.05) is 6.04 Å². The third kappa shape index (κ3) is 2.08. The predicted molar refractivity (Wildman–Crippen MR) is 75.0 cm³/mol. The summed E-state index contributed by atoms with van der Waals surface area (Å²) in [6, 6.07) is 11.4. The van der Waals surface area contributed by atoms with Crippen molar-refractivity contribution in [2.24, 2.45) is 17.2 Å². The second-order valence-corrected chi connectivity index (χ2v) is 6.42. The lowest BCUT2D eigenvalue weighted by atomic mass is 9.78. The average molecular weight is 244 g/mol. The van der Waals surface area contributed by atoms with Crippen LogP contribution in [-0.2, 0) is 0 Å². The van der Waals surface area contributed by atoms with Crippen molar-refractivity contribution >= 4 is 0 Å². The third-order valence-corrected chi connectivity index (χ3v) is 5.17. The van der Waals surface area contributed by atoms with Crippen molar-refractivity contribution in [1.82, 2.24) is 5.43 Å². The van der Waals surface area contributed by atoms with Crippen LogP contribution in [-0.4, -0.2) is 6.04 Å². The Labute approximate surface area is 110 Å². The maximum Gasteiger partial charge on any atom is 0.0298 e. The van der Waals surface area contributed by atoms with Gasteiger partial charge in [-0.15, -0.1) is 0 Å². The van der Waals surface area contributed by atoms with Gasteiger partial charge in [-0.3, -0.25) is 11.3 Å². The zero-order valence-electron chi connectivity index (χ0n) is 11.2. The number of nitrogens with one attached hydrogen (secondary N) is 1. The number of hydrogen-bond acceptors (Lipinski definition) is 2. The van der Waals surface area contributed by atoms with E-state index in [0.29, 0.717) is 11.5 Å². The zero-order valence-corrected chi connectivity index (χ0v) is 11.2. The van der Waals surface area contributed by atoms with Crippen LogP contribution in [0.5, 0.6) is 0 Å². The van der Waals surface area contributed by atoms with E-state index < -0.39 is 0 Å². The lowest BCUT2D eigenvalue weighted by Crippen LogP contribution is -2.47. The molecule has 3 rings (SSSR count). The van der Waals surface area contributed by atoms with E-state index in [0.717, 1.165) is 11.8 Å². The van der Waals surface area contributed by atoms with Gasteiger partial charge in [-0.05, 0) is 42.1 Å². The van der Waals surface area contributed by atoms with Crippen LogP contribution in [0.3, 0.4) is 0 Å². The Bertz CT molecular complexity index is 395. The molecule has 0 amide bonds. The molecule has 98 valence electrons.